The molecule has 2 heteroatoms. The van der Waals surface area contributed by atoms with Crippen LogP contribution >= 0.6 is 0 Å². The van der Waals surface area contributed by atoms with E-state index < -0.39 is 5.41 Å². The van der Waals surface area contributed by atoms with Crippen LogP contribution in [0.4, 0.5) is 17.1 Å². The minimum absolute atomic E-state index is 0.517. The summed E-state index contributed by atoms with van der Waals surface area (Å²) >= 11 is 0. The third-order valence-electron chi connectivity index (χ3n) is 11.6. The lowest BCUT2D eigenvalue weighted by Crippen LogP contribution is -2.28. The van der Waals surface area contributed by atoms with Gasteiger partial charge in [-0.2, -0.15) is 0 Å². The minimum atomic E-state index is -0.517. The lowest BCUT2D eigenvalue weighted by atomic mass is 9.66. The molecule has 0 aliphatic heterocycles. The molecule has 0 saturated carbocycles. The van der Waals surface area contributed by atoms with Crippen LogP contribution in [-0.2, 0) is 5.41 Å². The monoisotopic (exact) mass is 700 g/mol. The standard InChI is InChI=1S/C53H36N2/c1-5-18-38(19-6-1)53(39-20-7-2-8-21-39)47-30-15-13-28-44(47)45-34-32-37-33-35-49-51(50(37)52(45)53)46-29-14-16-31-48(46)55(49)43-27-17-26-42(36-43)54(40-22-9-3-10-23-40)41-24-11-4-12-25-41/h1-36H. The highest BCUT2D eigenvalue weighted by Gasteiger charge is 2.47. The molecule has 0 spiro atoms. The average Bonchev–Trinajstić information content (AvgIpc) is 3.77. The molecule has 1 heterocycles. The molecule has 0 atom stereocenters. The van der Waals surface area contributed by atoms with E-state index in [0.717, 1.165) is 22.7 Å². The largest absolute Gasteiger partial charge is 0.310 e. The third-order valence-corrected chi connectivity index (χ3v) is 11.6. The van der Waals surface area contributed by atoms with E-state index in [1.54, 1.807) is 0 Å². The zero-order valence-electron chi connectivity index (χ0n) is 30.2. The quantitative estimate of drug-likeness (QED) is 0.168. The van der Waals surface area contributed by atoms with Gasteiger partial charge in [-0.25, -0.2) is 0 Å². The molecule has 1 aliphatic carbocycles. The number of rotatable bonds is 6. The van der Waals surface area contributed by atoms with Crippen molar-refractivity contribution in [3.8, 4) is 16.8 Å². The Kier molecular flexibility index (Phi) is 7.11. The number of hydrogen-bond acceptors (Lipinski definition) is 1. The summed E-state index contributed by atoms with van der Waals surface area (Å²) in [5, 5.41) is 5.07. The predicted octanol–water partition coefficient (Wildman–Crippen LogP) is 13.8. The van der Waals surface area contributed by atoms with Gasteiger partial charge < -0.3 is 9.47 Å². The van der Waals surface area contributed by atoms with Crippen LogP contribution in [-0.4, -0.2) is 4.57 Å². The van der Waals surface area contributed by atoms with Crippen molar-refractivity contribution in [2.45, 2.75) is 5.41 Å². The topological polar surface area (TPSA) is 8.17 Å². The van der Waals surface area contributed by atoms with Gasteiger partial charge in [0.1, 0.15) is 0 Å². The van der Waals surface area contributed by atoms with Crippen LogP contribution in [0, 0.1) is 0 Å². The number of nitrogens with zero attached hydrogens (tertiary/aromatic N) is 2. The Morgan fingerprint density at radius 1 is 0.382 bits per heavy atom. The summed E-state index contributed by atoms with van der Waals surface area (Å²) in [7, 11) is 0. The fourth-order valence-electron chi connectivity index (χ4n) is 9.46. The Balaban J connectivity index is 1.25. The van der Waals surface area contributed by atoms with Crippen LogP contribution < -0.4 is 4.90 Å². The van der Waals surface area contributed by atoms with E-state index in [4.69, 9.17) is 0 Å². The van der Waals surface area contributed by atoms with Gasteiger partial charge in [0.05, 0.1) is 16.4 Å². The number of para-hydroxylation sites is 3. The van der Waals surface area contributed by atoms with Crippen LogP contribution in [0.25, 0.3) is 49.4 Å². The Morgan fingerprint density at radius 3 is 1.64 bits per heavy atom. The van der Waals surface area contributed by atoms with Gasteiger partial charge in [-0.1, -0.05) is 164 Å². The highest BCUT2D eigenvalue weighted by atomic mass is 15.1. The Labute approximate surface area is 320 Å². The van der Waals surface area contributed by atoms with Crippen LogP contribution in [0.15, 0.2) is 218 Å². The van der Waals surface area contributed by atoms with E-state index in [9.17, 15) is 0 Å². The number of fused-ring (bicyclic) bond motifs is 9. The molecule has 0 amide bonds. The minimum Gasteiger partial charge on any atom is -0.310 e. The summed E-state index contributed by atoms with van der Waals surface area (Å²) in [5.41, 5.74) is 14.1. The molecule has 1 aromatic heterocycles. The fourth-order valence-corrected chi connectivity index (χ4v) is 9.46. The summed E-state index contributed by atoms with van der Waals surface area (Å²) in [6.45, 7) is 0. The van der Waals surface area contributed by atoms with Gasteiger partial charge in [0.2, 0.25) is 0 Å². The SMILES string of the molecule is c1ccc(N(c2ccccc2)c2cccc(-n3c4ccccc4c4c5c6c(ccc5ccc43)-c3ccccc3C6(c3ccccc3)c3ccccc3)c2)cc1. The zero-order valence-corrected chi connectivity index (χ0v) is 30.2. The van der Waals surface area contributed by atoms with E-state index in [0.29, 0.717) is 0 Å². The van der Waals surface area contributed by atoms with Crippen molar-refractivity contribution in [2.24, 2.45) is 0 Å². The molecule has 0 saturated heterocycles. The van der Waals surface area contributed by atoms with E-state index in [2.05, 4.69) is 228 Å². The van der Waals surface area contributed by atoms with Crippen molar-refractivity contribution in [2.75, 3.05) is 4.90 Å². The van der Waals surface area contributed by atoms with Crippen LogP contribution in [0.1, 0.15) is 22.3 Å². The molecule has 0 unspecified atom stereocenters. The molecule has 10 aromatic rings. The summed E-state index contributed by atoms with van der Waals surface area (Å²) < 4.78 is 2.47. The molecule has 0 bridgehead atoms. The smallest absolute Gasteiger partial charge is 0.0719 e. The van der Waals surface area contributed by atoms with Crippen LogP contribution in [0.2, 0.25) is 0 Å². The van der Waals surface area contributed by atoms with Crippen LogP contribution in [0.3, 0.4) is 0 Å². The first-order chi connectivity index (χ1) is 27.3. The Hall–Kier alpha value is -7.16. The normalized spacial score (nSPS) is 12.9. The van der Waals surface area contributed by atoms with Gasteiger partial charge in [0, 0.05) is 33.5 Å². The molecule has 9 aromatic carbocycles. The lowest BCUT2D eigenvalue weighted by Gasteiger charge is -2.34. The second kappa shape index (κ2) is 12.5. The maximum atomic E-state index is 2.47. The molecule has 1 aliphatic rings. The molecule has 0 radical (unpaired) electrons. The summed E-state index contributed by atoms with van der Waals surface area (Å²) in [5.74, 6) is 0. The van der Waals surface area contributed by atoms with Crippen molar-refractivity contribution >= 4 is 49.6 Å². The van der Waals surface area contributed by atoms with Crippen molar-refractivity contribution < 1.29 is 0 Å². The Bertz CT molecular complexity index is 2940. The van der Waals surface area contributed by atoms with E-state index in [1.807, 2.05) is 0 Å². The average molecular weight is 701 g/mol. The molecule has 0 fully saturated rings. The first-order valence-corrected chi connectivity index (χ1v) is 19.0. The van der Waals surface area contributed by atoms with E-state index in [1.165, 1.54) is 66.0 Å². The number of hydrogen-bond donors (Lipinski definition) is 0. The summed E-state index contributed by atoms with van der Waals surface area (Å²) in [6, 6.07) is 79.9. The van der Waals surface area contributed by atoms with Gasteiger partial charge in [-0.15, -0.1) is 0 Å². The molecule has 258 valence electrons. The molecule has 2 nitrogen and oxygen atoms in total. The fraction of sp³-hybridized carbons (Fsp3) is 0.0189. The lowest BCUT2D eigenvalue weighted by molar-refractivity contribution is 0.776. The van der Waals surface area contributed by atoms with Crippen LogP contribution in [0.5, 0.6) is 0 Å². The first kappa shape index (κ1) is 31.4. The van der Waals surface area contributed by atoms with Gasteiger partial charge in [0.15, 0.2) is 0 Å². The summed E-state index contributed by atoms with van der Waals surface area (Å²) in [4.78, 5) is 2.34. The van der Waals surface area contributed by atoms with Crippen molar-refractivity contribution in [3.63, 3.8) is 0 Å². The molecule has 55 heavy (non-hydrogen) atoms. The van der Waals surface area contributed by atoms with Crippen molar-refractivity contribution in [1.29, 1.82) is 0 Å². The highest BCUT2D eigenvalue weighted by molar-refractivity contribution is 6.24. The molecular formula is C53H36N2. The maximum Gasteiger partial charge on any atom is 0.0719 e. The second-order valence-electron chi connectivity index (χ2n) is 14.5. The zero-order chi connectivity index (χ0) is 36.3. The van der Waals surface area contributed by atoms with Crippen molar-refractivity contribution in [1.82, 2.24) is 4.57 Å². The number of benzene rings is 9. The third kappa shape index (κ3) is 4.62. The van der Waals surface area contributed by atoms with Gasteiger partial charge >= 0.3 is 0 Å². The van der Waals surface area contributed by atoms with Gasteiger partial charge in [-0.3, -0.25) is 0 Å². The Morgan fingerprint density at radius 2 is 0.945 bits per heavy atom. The molecule has 0 N–H and O–H groups in total. The summed E-state index contributed by atoms with van der Waals surface area (Å²) in [6.07, 6.45) is 0. The molecule has 11 rings (SSSR count). The molecular weight excluding hydrogens is 665 g/mol. The van der Waals surface area contributed by atoms with E-state index >= 15 is 0 Å². The van der Waals surface area contributed by atoms with Crippen molar-refractivity contribution in [3.05, 3.63) is 241 Å². The predicted molar refractivity (Wildman–Crippen MR) is 230 cm³/mol. The number of anilines is 3. The number of aromatic nitrogens is 1. The highest BCUT2D eigenvalue weighted by Crippen LogP contribution is 2.59. The second-order valence-corrected chi connectivity index (χ2v) is 14.5. The van der Waals surface area contributed by atoms with Gasteiger partial charge in [0.25, 0.3) is 0 Å². The first-order valence-electron chi connectivity index (χ1n) is 19.0. The maximum absolute atomic E-state index is 2.47. The van der Waals surface area contributed by atoms with E-state index in [-0.39, 0.29) is 0 Å². The van der Waals surface area contributed by atoms with Gasteiger partial charge in [-0.05, 0) is 98.8 Å².